The highest BCUT2D eigenvalue weighted by Crippen LogP contribution is 2.02. The molecule has 0 unspecified atom stereocenters. The molecule has 0 aromatic carbocycles. The van der Waals surface area contributed by atoms with E-state index in [4.69, 9.17) is 9.84 Å². The topological polar surface area (TPSA) is 77.2 Å². The molecule has 0 spiro atoms. The molecule has 0 radical (unpaired) electrons. The van der Waals surface area contributed by atoms with Crippen molar-refractivity contribution in [1.29, 1.82) is 0 Å². The Morgan fingerprint density at radius 1 is 1.83 bits per heavy atom. The van der Waals surface area contributed by atoms with Gasteiger partial charge in [0.25, 0.3) is 0 Å². The number of aromatic nitrogens is 3. The Morgan fingerprint density at radius 2 is 2.58 bits per heavy atom. The predicted molar refractivity (Wildman–Crippen MR) is 38.8 cm³/mol. The van der Waals surface area contributed by atoms with Crippen molar-refractivity contribution in [2.45, 2.75) is 13.5 Å². The highest BCUT2D eigenvalue weighted by Gasteiger charge is 2.05. The summed E-state index contributed by atoms with van der Waals surface area (Å²) in [5.74, 6) is -1.03. The van der Waals surface area contributed by atoms with Crippen LogP contribution in [0.5, 0.6) is 6.01 Å². The summed E-state index contributed by atoms with van der Waals surface area (Å²) >= 11 is 0. The minimum Gasteiger partial charge on any atom is -0.479 e. The van der Waals surface area contributed by atoms with E-state index < -0.39 is 12.6 Å². The molecule has 0 aliphatic carbocycles. The van der Waals surface area contributed by atoms with Crippen LogP contribution in [0.2, 0.25) is 0 Å². The lowest BCUT2D eigenvalue weighted by molar-refractivity contribution is -0.139. The third kappa shape index (κ3) is 1.94. The zero-order chi connectivity index (χ0) is 8.97. The second-order valence-electron chi connectivity index (χ2n) is 2.04. The first kappa shape index (κ1) is 8.51. The molecule has 1 aromatic heterocycles. The average molecular weight is 171 g/mol. The highest BCUT2D eigenvalue weighted by molar-refractivity contribution is 5.68. The number of hydrogen-bond acceptors (Lipinski definition) is 4. The van der Waals surface area contributed by atoms with Crippen LogP contribution in [0.15, 0.2) is 6.33 Å². The molecule has 0 bridgehead atoms. The van der Waals surface area contributed by atoms with E-state index in [-0.39, 0.29) is 6.01 Å². The summed E-state index contributed by atoms with van der Waals surface area (Å²) in [6.45, 7) is 2.08. The van der Waals surface area contributed by atoms with Gasteiger partial charge < -0.3 is 9.84 Å². The van der Waals surface area contributed by atoms with Crippen molar-refractivity contribution >= 4 is 5.97 Å². The van der Waals surface area contributed by atoms with E-state index in [1.807, 2.05) is 6.92 Å². The normalized spacial score (nSPS) is 9.75. The van der Waals surface area contributed by atoms with Gasteiger partial charge >= 0.3 is 12.0 Å². The van der Waals surface area contributed by atoms with Crippen LogP contribution in [0.4, 0.5) is 0 Å². The van der Waals surface area contributed by atoms with Gasteiger partial charge in [-0.2, -0.15) is 10.1 Å². The molecule has 0 saturated carbocycles. The Morgan fingerprint density at radius 3 is 3.17 bits per heavy atom. The molecule has 12 heavy (non-hydrogen) atoms. The molecule has 0 fully saturated rings. The molecule has 0 amide bonds. The molecule has 0 atom stereocenters. The van der Waals surface area contributed by atoms with Crippen LogP contribution in [-0.2, 0) is 11.3 Å². The number of ether oxygens (including phenoxy) is 1. The Bertz CT molecular complexity index is 271. The van der Waals surface area contributed by atoms with Crippen LogP contribution in [0, 0.1) is 0 Å². The maximum Gasteiger partial charge on any atom is 0.341 e. The molecule has 66 valence electrons. The molecule has 1 aromatic rings. The van der Waals surface area contributed by atoms with Crippen molar-refractivity contribution in [2.75, 3.05) is 6.61 Å². The number of nitrogens with zero attached hydrogens (tertiary/aromatic N) is 3. The van der Waals surface area contributed by atoms with E-state index in [9.17, 15) is 4.79 Å². The fourth-order valence-corrected chi connectivity index (χ4v) is 0.709. The smallest absolute Gasteiger partial charge is 0.341 e. The maximum atomic E-state index is 10.1. The van der Waals surface area contributed by atoms with Crippen LogP contribution in [0.3, 0.4) is 0 Å². The number of hydrogen-bond donors (Lipinski definition) is 1. The molecular formula is C6H9N3O3. The summed E-state index contributed by atoms with van der Waals surface area (Å²) in [6, 6.07) is 0.236. The number of rotatable bonds is 4. The molecule has 0 saturated heterocycles. The molecule has 6 heteroatoms. The van der Waals surface area contributed by atoms with E-state index >= 15 is 0 Å². The number of aliphatic carboxylic acids is 1. The third-order valence-electron chi connectivity index (χ3n) is 1.20. The quantitative estimate of drug-likeness (QED) is 0.676. The lowest BCUT2D eigenvalue weighted by Crippen LogP contribution is -2.12. The first-order valence-electron chi connectivity index (χ1n) is 3.46. The van der Waals surface area contributed by atoms with E-state index in [0.29, 0.717) is 6.54 Å². The van der Waals surface area contributed by atoms with E-state index in [1.165, 1.54) is 11.0 Å². The number of aryl methyl sites for hydroxylation is 1. The SMILES string of the molecule is CCn1ncnc1OCC(=O)O. The molecule has 1 N–H and O–H groups in total. The van der Waals surface area contributed by atoms with Crippen molar-refractivity contribution in [3.63, 3.8) is 0 Å². The Hall–Kier alpha value is -1.59. The largest absolute Gasteiger partial charge is 0.479 e. The predicted octanol–water partition coefficient (Wildman–Crippen LogP) is -0.239. The van der Waals surface area contributed by atoms with Crippen molar-refractivity contribution in [3.8, 4) is 6.01 Å². The summed E-state index contributed by atoms with van der Waals surface area (Å²) in [5, 5.41) is 12.1. The standard InChI is InChI=1S/C6H9N3O3/c1-2-9-6(7-4-8-9)12-3-5(10)11/h4H,2-3H2,1H3,(H,10,11). The van der Waals surface area contributed by atoms with E-state index in [1.54, 1.807) is 0 Å². The van der Waals surface area contributed by atoms with Crippen LogP contribution < -0.4 is 4.74 Å². The first-order chi connectivity index (χ1) is 5.74. The van der Waals surface area contributed by atoms with Gasteiger partial charge in [-0.25, -0.2) is 9.48 Å². The molecule has 6 nitrogen and oxygen atoms in total. The zero-order valence-electron chi connectivity index (χ0n) is 6.60. The number of carboxylic acids is 1. The summed E-state index contributed by atoms with van der Waals surface area (Å²) in [7, 11) is 0. The van der Waals surface area contributed by atoms with Gasteiger partial charge in [0, 0.05) is 6.54 Å². The summed E-state index contributed by atoms with van der Waals surface area (Å²) in [6.07, 6.45) is 1.32. The molecule has 1 heterocycles. The lowest BCUT2D eigenvalue weighted by Gasteiger charge is -2.01. The Labute approximate surface area is 68.8 Å². The van der Waals surface area contributed by atoms with Crippen molar-refractivity contribution < 1.29 is 14.6 Å². The van der Waals surface area contributed by atoms with Gasteiger partial charge in [0.1, 0.15) is 6.33 Å². The van der Waals surface area contributed by atoms with Gasteiger partial charge in [-0.05, 0) is 6.92 Å². The summed E-state index contributed by atoms with van der Waals surface area (Å²) in [4.78, 5) is 13.8. The van der Waals surface area contributed by atoms with Crippen molar-refractivity contribution in [2.24, 2.45) is 0 Å². The number of carboxylic acid groups (broad SMARTS) is 1. The first-order valence-corrected chi connectivity index (χ1v) is 3.46. The minimum atomic E-state index is -1.03. The van der Waals surface area contributed by atoms with Gasteiger partial charge in [0.05, 0.1) is 0 Å². The average Bonchev–Trinajstić information content (AvgIpc) is 2.47. The molecular weight excluding hydrogens is 162 g/mol. The van der Waals surface area contributed by atoms with Crippen LogP contribution in [0.25, 0.3) is 0 Å². The van der Waals surface area contributed by atoms with E-state index in [0.717, 1.165) is 0 Å². The van der Waals surface area contributed by atoms with Gasteiger partial charge in [-0.15, -0.1) is 0 Å². The molecule has 0 aliphatic rings. The summed E-state index contributed by atoms with van der Waals surface area (Å²) < 4.78 is 6.29. The highest BCUT2D eigenvalue weighted by atomic mass is 16.5. The monoisotopic (exact) mass is 171 g/mol. The van der Waals surface area contributed by atoms with E-state index in [2.05, 4.69) is 10.1 Å². The summed E-state index contributed by atoms with van der Waals surface area (Å²) in [5.41, 5.74) is 0. The van der Waals surface area contributed by atoms with Crippen LogP contribution >= 0.6 is 0 Å². The Balaban J connectivity index is 2.56. The second-order valence-corrected chi connectivity index (χ2v) is 2.04. The fraction of sp³-hybridized carbons (Fsp3) is 0.500. The van der Waals surface area contributed by atoms with Gasteiger partial charge in [-0.1, -0.05) is 0 Å². The van der Waals surface area contributed by atoms with Crippen molar-refractivity contribution in [1.82, 2.24) is 14.8 Å². The maximum absolute atomic E-state index is 10.1. The zero-order valence-corrected chi connectivity index (χ0v) is 6.60. The fourth-order valence-electron chi connectivity index (χ4n) is 0.709. The Kier molecular flexibility index (Phi) is 2.62. The lowest BCUT2D eigenvalue weighted by atomic mass is 10.7. The van der Waals surface area contributed by atoms with Crippen LogP contribution in [0.1, 0.15) is 6.92 Å². The van der Waals surface area contributed by atoms with Crippen molar-refractivity contribution in [3.05, 3.63) is 6.33 Å². The van der Waals surface area contributed by atoms with Gasteiger partial charge in [0.15, 0.2) is 6.61 Å². The number of carbonyl (C=O) groups is 1. The third-order valence-corrected chi connectivity index (χ3v) is 1.20. The molecule has 1 rings (SSSR count). The minimum absolute atomic E-state index is 0.236. The van der Waals surface area contributed by atoms with Crippen LogP contribution in [-0.4, -0.2) is 32.4 Å². The molecule has 0 aliphatic heterocycles. The second kappa shape index (κ2) is 3.70. The van der Waals surface area contributed by atoms with Gasteiger partial charge in [-0.3, -0.25) is 0 Å². The van der Waals surface area contributed by atoms with Gasteiger partial charge in [0.2, 0.25) is 0 Å².